The third-order valence-corrected chi connectivity index (χ3v) is 3.06. The molecular formula is C14H16FN3O2. The van der Waals surface area contributed by atoms with Crippen molar-refractivity contribution in [3.05, 3.63) is 46.3 Å². The fourth-order valence-corrected chi connectivity index (χ4v) is 1.87. The van der Waals surface area contributed by atoms with Crippen molar-refractivity contribution in [2.75, 3.05) is 0 Å². The van der Waals surface area contributed by atoms with Crippen molar-refractivity contribution in [1.29, 1.82) is 0 Å². The minimum atomic E-state index is -0.470. The van der Waals surface area contributed by atoms with Crippen LogP contribution in [0, 0.1) is 5.82 Å². The molecular weight excluding hydrogens is 261 g/mol. The van der Waals surface area contributed by atoms with Gasteiger partial charge in [0.05, 0.1) is 0 Å². The van der Waals surface area contributed by atoms with Crippen molar-refractivity contribution >= 4 is 0 Å². The van der Waals surface area contributed by atoms with Crippen LogP contribution in [-0.4, -0.2) is 21.1 Å². The monoisotopic (exact) mass is 277 g/mol. The summed E-state index contributed by atoms with van der Waals surface area (Å²) in [5.41, 5.74) is 5.75. The number of hydrogen-bond donors (Lipinski definition) is 3. The summed E-state index contributed by atoms with van der Waals surface area (Å²) < 4.78 is 12.9. The van der Waals surface area contributed by atoms with Crippen LogP contribution >= 0.6 is 0 Å². The number of benzene rings is 1. The van der Waals surface area contributed by atoms with Crippen molar-refractivity contribution < 1.29 is 9.50 Å². The molecule has 0 bridgehead atoms. The summed E-state index contributed by atoms with van der Waals surface area (Å²) in [4.78, 5) is 18.6. The molecule has 0 saturated heterocycles. The van der Waals surface area contributed by atoms with Crippen LogP contribution in [0.25, 0.3) is 11.1 Å². The SMILES string of the molecule is CCC(N)Cc1nc(O)c(-c2ccc(F)cc2)c(=O)[nH]1. The van der Waals surface area contributed by atoms with Crippen molar-refractivity contribution in [2.24, 2.45) is 5.73 Å². The van der Waals surface area contributed by atoms with Gasteiger partial charge in [-0.2, -0.15) is 4.98 Å². The molecule has 5 nitrogen and oxygen atoms in total. The van der Waals surface area contributed by atoms with Gasteiger partial charge in [-0.3, -0.25) is 4.79 Å². The number of halogens is 1. The third kappa shape index (κ3) is 3.03. The van der Waals surface area contributed by atoms with Crippen LogP contribution in [-0.2, 0) is 6.42 Å². The molecule has 20 heavy (non-hydrogen) atoms. The lowest BCUT2D eigenvalue weighted by molar-refractivity contribution is 0.448. The molecule has 4 N–H and O–H groups in total. The zero-order chi connectivity index (χ0) is 14.7. The van der Waals surface area contributed by atoms with E-state index >= 15 is 0 Å². The van der Waals surface area contributed by atoms with Gasteiger partial charge in [0.1, 0.15) is 17.2 Å². The Labute approximate surface area is 115 Å². The molecule has 0 radical (unpaired) electrons. The molecule has 1 atom stereocenters. The molecule has 0 amide bonds. The summed E-state index contributed by atoms with van der Waals surface area (Å²) in [5, 5.41) is 9.91. The maximum absolute atomic E-state index is 12.9. The standard InChI is InChI=1S/C14H16FN3O2/c1-2-10(16)7-11-17-13(19)12(14(20)18-11)8-3-5-9(15)6-4-8/h3-6,10H,2,7,16H2,1H3,(H2,17,18,19,20). The summed E-state index contributed by atoms with van der Waals surface area (Å²) in [6.45, 7) is 1.93. The number of H-pyrrole nitrogens is 1. The number of aromatic nitrogens is 2. The quantitative estimate of drug-likeness (QED) is 0.790. The maximum atomic E-state index is 12.9. The van der Waals surface area contributed by atoms with Gasteiger partial charge in [0, 0.05) is 12.5 Å². The Bertz CT molecular complexity index is 652. The van der Waals surface area contributed by atoms with Crippen LogP contribution in [0.15, 0.2) is 29.1 Å². The molecule has 0 aliphatic heterocycles. The van der Waals surface area contributed by atoms with E-state index < -0.39 is 11.4 Å². The molecule has 1 aromatic heterocycles. The molecule has 2 rings (SSSR count). The molecule has 106 valence electrons. The highest BCUT2D eigenvalue weighted by Gasteiger charge is 2.14. The fourth-order valence-electron chi connectivity index (χ4n) is 1.87. The van der Waals surface area contributed by atoms with Gasteiger partial charge < -0.3 is 15.8 Å². The fraction of sp³-hybridized carbons (Fsp3) is 0.286. The lowest BCUT2D eigenvalue weighted by Crippen LogP contribution is -2.25. The van der Waals surface area contributed by atoms with Gasteiger partial charge in [0.25, 0.3) is 5.56 Å². The van der Waals surface area contributed by atoms with Gasteiger partial charge in [-0.25, -0.2) is 4.39 Å². The second-order valence-electron chi connectivity index (χ2n) is 4.59. The number of aromatic amines is 1. The molecule has 1 unspecified atom stereocenters. The van der Waals surface area contributed by atoms with Crippen molar-refractivity contribution in [2.45, 2.75) is 25.8 Å². The Hall–Kier alpha value is -2.21. The maximum Gasteiger partial charge on any atom is 0.262 e. The third-order valence-electron chi connectivity index (χ3n) is 3.06. The predicted octanol–water partition coefficient (Wildman–Crippen LogP) is 1.56. The number of nitrogens with two attached hydrogens (primary N) is 1. The van der Waals surface area contributed by atoms with E-state index in [9.17, 15) is 14.3 Å². The van der Waals surface area contributed by atoms with Crippen LogP contribution in [0.5, 0.6) is 5.88 Å². The Balaban J connectivity index is 2.41. The normalized spacial score (nSPS) is 12.3. The first-order valence-electron chi connectivity index (χ1n) is 6.35. The van der Waals surface area contributed by atoms with Crippen LogP contribution in [0.4, 0.5) is 4.39 Å². The first kappa shape index (κ1) is 14.2. The van der Waals surface area contributed by atoms with Gasteiger partial charge in [0.2, 0.25) is 5.88 Å². The van der Waals surface area contributed by atoms with Crippen molar-refractivity contribution in [3.8, 4) is 17.0 Å². The first-order valence-corrected chi connectivity index (χ1v) is 6.35. The van der Waals surface area contributed by atoms with Crippen LogP contribution in [0.3, 0.4) is 0 Å². The Morgan fingerprint density at radius 3 is 2.60 bits per heavy atom. The van der Waals surface area contributed by atoms with E-state index in [0.29, 0.717) is 17.8 Å². The molecule has 0 fully saturated rings. The number of nitrogens with zero attached hydrogens (tertiary/aromatic N) is 1. The summed E-state index contributed by atoms with van der Waals surface area (Å²) in [6, 6.07) is 5.14. The summed E-state index contributed by atoms with van der Waals surface area (Å²) in [7, 11) is 0. The largest absolute Gasteiger partial charge is 0.493 e. The van der Waals surface area contributed by atoms with E-state index in [-0.39, 0.29) is 17.5 Å². The van der Waals surface area contributed by atoms with Gasteiger partial charge in [-0.15, -0.1) is 0 Å². The van der Waals surface area contributed by atoms with Crippen LogP contribution < -0.4 is 11.3 Å². The van der Waals surface area contributed by atoms with Gasteiger partial charge >= 0.3 is 0 Å². The van der Waals surface area contributed by atoms with E-state index in [1.165, 1.54) is 24.3 Å². The second kappa shape index (κ2) is 5.83. The molecule has 0 saturated carbocycles. The van der Waals surface area contributed by atoms with E-state index in [1.54, 1.807) is 0 Å². The minimum Gasteiger partial charge on any atom is -0.493 e. The Morgan fingerprint density at radius 1 is 1.40 bits per heavy atom. The zero-order valence-corrected chi connectivity index (χ0v) is 11.1. The van der Waals surface area contributed by atoms with E-state index in [0.717, 1.165) is 6.42 Å². The van der Waals surface area contributed by atoms with Crippen molar-refractivity contribution in [3.63, 3.8) is 0 Å². The van der Waals surface area contributed by atoms with Gasteiger partial charge in [-0.1, -0.05) is 19.1 Å². The highest BCUT2D eigenvalue weighted by atomic mass is 19.1. The smallest absolute Gasteiger partial charge is 0.262 e. The highest BCUT2D eigenvalue weighted by molar-refractivity contribution is 5.67. The lowest BCUT2D eigenvalue weighted by Gasteiger charge is -2.09. The molecule has 6 heteroatoms. The molecule has 1 heterocycles. The van der Waals surface area contributed by atoms with Crippen LogP contribution in [0.2, 0.25) is 0 Å². The Morgan fingerprint density at radius 2 is 2.05 bits per heavy atom. The predicted molar refractivity (Wildman–Crippen MR) is 73.9 cm³/mol. The average Bonchev–Trinajstić information content (AvgIpc) is 2.40. The van der Waals surface area contributed by atoms with Crippen LogP contribution in [0.1, 0.15) is 19.2 Å². The Kier molecular flexibility index (Phi) is 4.14. The van der Waals surface area contributed by atoms with Gasteiger partial charge in [-0.05, 0) is 24.1 Å². The number of nitrogens with one attached hydrogen (secondary N) is 1. The second-order valence-corrected chi connectivity index (χ2v) is 4.59. The summed E-state index contributed by atoms with van der Waals surface area (Å²) in [6.07, 6.45) is 1.12. The zero-order valence-electron chi connectivity index (χ0n) is 11.1. The number of aromatic hydroxyl groups is 1. The first-order chi connectivity index (χ1) is 9.51. The molecule has 0 aliphatic carbocycles. The van der Waals surface area contributed by atoms with E-state index in [1.807, 2.05) is 6.92 Å². The number of rotatable bonds is 4. The van der Waals surface area contributed by atoms with Crippen molar-refractivity contribution in [1.82, 2.24) is 9.97 Å². The van der Waals surface area contributed by atoms with Gasteiger partial charge in [0.15, 0.2) is 0 Å². The highest BCUT2D eigenvalue weighted by Crippen LogP contribution is 2.23. The molecule has 0 spiro atoms. The molecule has 1 aromatic carbocycles. The van der Waals surface area contributed by atoms with E-state index in [4.69, 9.17) is 5.73 Å². The topological polar surface area (TPSA) is 92.0 Å². The average molecular weight is 277 g/mol. The lowest BCUT2D eigenvalue weighted by atomic mass is 10.1. The number of hydrogen-bond acceptors (Lipinski definition) is 4. The minimum absolute atomic E-state index is 0.0267. The molecule has 2 aromatic rings. The molecule has 0 aliphatic rings. The summed E-state index contributed by atoms with van der Waals surface area (Å²) in [5.74, 6) is -0.450. The van der Waals surface area contributed by atoms with E-state index in [2.05, 4.69) is 9.97 Å². The summed E-state index contributed by atoms with van der Waals surface area (Å²) >= 11 is 0.